The lowest BCUT2D eigenvalue weighted by atomic mass is 9.59. The number of carbonyl (C=O) groups excluding carboxylic acids is 2. The molecular formula is C12H18N4O2. The smallest absolute Gasteiger partial charge is 0.322 e. The summed E-state index contributed by atoms with van der Waals surface area (Å²) in [6.45, 7) is 7.94. The number of carbonyl (C=O) groups is 2. The second-order valence-electron chi connectivity index (χ2n) is 6.44. The zero-order valence-corrected chi connectivity index (χ0v) is 10.5. The summed E-state index contributed by atoms with van der Waals surface area (Å²) >= 11 is 0. The Hall–Kier alpha value is -1.14. The van der Waals surface area contributed by atoms with Crippen LogP contribution in [0.1, 0.15) is 6.92 Å². The molecule has 18 heavy (non-hydrogen) atoms. The molecule has 3 amide bonds. The maximum Gasteiger partial charge on any atom is 0.322 e. The van der Waals surface area contributed by atoms with E-state index in [-0.39, 0.29) is 23.3 Å². The van der Waals surface area contributed by atoms with E-state index in [1.54, 1.807) is 0 Å². The monoisotopic (exact) mass is 250 g/mol. The second kappa shape index (κ2) is 3.05. The number of amides is 3. The van der Waals surface area contributed by atoms with Crippen molar-refractivity contribution < 1.29 is 9.59 Å². The molecule has 98 valence electrons. The Morgan fingerprint density at radius 2 is 1.78 bits per heavy atom. The topological polar surface area (TPSA) is 64.7 Å². The van der Waals surface area contributed by atoms with Crippen molar-refractivity contribution >= 4 is 11.9 Å². The molecule has 0 saturated carbocycles. The lowest BCUT2D eigenvalue weighted by Crippen LogP contribution is -2.76. The molecule has 0 radical (unpaired) electrons. The van der Waals surface area contributed by atoms with E-state index in [1.165, 1.54) is 0 Å². The van der Waals surface area contributed by atoms with Crippen molar-refractivity contribution in [3.8, 4) is 0 Å². The first-order valence-electron chi connectivity index (χ1n) is 6.62. The van der Waals surface area contributed by atoms with Gasteiger partial charge in [0.25, 0.3) is 5.91 Å². The summed E-state index contributed by atoms with van der Waals surface area (Å²) in [5, 5.41) is 5.43. The van der Waals surface area contributed by atoms with Crippen molar-refractivity contribution in [1.82, 2.24) is 20.4 Å². The highest BCUT2D eigenvalue weighted by molar-refractivity contribution is 6.08. The first-order valence-corrected chi connectivity index (χ1v) is 6.62. The highest BCUT2D eigenvalue weighted by Gasteiger charge is 2.68. The number of urea groups is 1. The van der Waals surface area contributed by atoms with Gasteiger partial charge in [0.1, 0.15) is 5.54 Å². The van der Waals surface area contributed by atoms with Crippen LogP contribution in [0.5, 0.6) is 0 Å². The molecule has 3 atom stereocenters. The number of nitrogens with one attached hydrogen (secondary N) is 2. The Morgan fingerprint density at radius 3 is 2.22 bits per heavy atom. The molecule has 0 aromatic carbocycles. The molecule has 2 unspecified atom stereocenters. The first kappa shape index (κ1) is 10.8. The van der Waals surface area contributed by atoms with Gasteiger partial charge in [-0.2, -0.15) is 0 Å². The fourth-order valence-electron chi connectivity index (χ4n) is 4.67. The molecule has 6 heteroatoms. The molecule has 5 rings (SSSR count). The van der Waals surface area contributed by atoms with Gasteiger partial charge in [-0.25, -0.2) is 4.79 Å². The van der Waals surface area contributed by atoms with Crippen LogP contribution in [0.2, 0.25) is 0 Å². The van der Waals surface area contributed by atoms with Crippen molar-refractivity contribution in [2.75, 3.05) is 39.3 Å². The number of imide groups is 1. The minimum atomic E-state index is -0.679. The third kappa shape index (κ3) is 1.06. The lowest BCUT2D eigenvalue weighted by Gasteiger charge is -2.58. The molecule has 5 aliphatic heterocycles. The minimum absolute atomic E-state index is 0.110. The third-order valence-electron chi connectivity index (χ3n) is 5.30. The average Bonchev–Trinajstić information content (AvgIpc) is 2.44. The van der Waals surface area contributed by atoms with E-state index in [0.29, 0.717) is 0 Å². The van der Waals surface area contributed by atoms with Crippen LogP contribution >= 0.6 is 0 Å². The molecule has 1 spiro atoms. The molecule has 5 saturated heterocycles. The Kier molecular flexibility index (Phi) is 1.82. The Labute approximate surface area is 106 Å². The van der Waals surface area contributed by atoms with Gasteiger partial charge >= 0.3 is 6.03 Å². The summed E-state index contributed by atoms with van der Waals surface area (Å²) in [5.41, 5.74) is -0.859. The molecule has 5 fully saturated rings. The van der Waals surface area contributed by atoms with Gasteiger partial charge in [-0.05, 0) is 0 Å². The van der Waals surface area contributed by atoms with Gasteiger partial charge in [0, 0.05) is 50.6 Å². The maximum atomic E-state index is 12.4. The van der Waals surface area contributed by atoms with Crippen LogP contribution in [0.25, 0.3) is 0 Å². The SMILES string of the molecule is CC12CN3CCN(CC(C3)[C@]13NC(=O)NC3=O)C2. The predicted octanol–water partition coefficient (Wildman–Crippen LogP) is -1.17. The fraction of sp³-hybridized carbons (Fsp3) is 0.833. The molecule has 0 aromatic rings. The standard InChI is InChI=1S/C12H18N4O2/c1-11-6-15-2-3-16(7-11)5-8(4-15)12(11)9(17)13-10(18)14-12/h8H,2-7H2,1H3,(H2,13,14,17,18)/t8?,11?,12-/m1/s1. The van der Waals surface area contributed by atoms with Crippen LogP contribution in [0, 0.1) is 11.3 Å². The molecule has 2 N–H and O–H groups in total. The van der Waals surface area contributed by atoms with Gasteiger partial charge in [-0.3, -0.25) is 10.1 Å². The molecule has 6 nitrogen and oxygen atoms in total. The van der Waals surface area contributed by atoms with Crippen molar-refractivity contribution in [2.45, 2.75) is 12.5 Å². The largest absolute Gasteiger partial charge is 0.322 e. The first-order chi connectivity index (χ1) is 8.53. The summed E-state index contributed by atoms with van der Waals surface area (Å²) in [6.07, 6.45) is 0. The number of hydrogen-bond acceptors (Lipinski definition) is 4. The number of fused-ring (bicyclic) bond motifs is 1. The van der Waals surface area contributed by atoms with Crippen molar-refractivity contribution in [1.29, 1.82) is 0 Å². The van der Waals surface area contributed by atoms with Crippen molar-refractivity contribution in [3.05, 3.63) is 0 Å². The summed E-state index contributed by atoms with van der Waals surface area (Å²) < 4.78 is 0. The van der Waals surface area contributed by atoms with E-state index in [1.807, 2.05) is 0 Å². The van der Waals surface area contributed by atoms with Crippen LogP contribution < -0.4 is 10.6 Å². The molecule has 4 bridgehead atoms. The lowest BCUT2D eigenvalue weighted by molar-refractivity contribution is -0.144. The number of nitrogens with zero attached hydrogens (tertiary/aromatic N) is 2. The highest BCUT2D eigenvalue weighted by Crippen LogP contribution is 2.49. The number of piperidine rings is 2. The van der Waals surface area contributed by atoms with E-state index >= 15 is 0 Å². The van der Waals surface area contributed by atoms with E-state index in [4.69, 9.17) is 0 Å². The van der Waals surface area contributed by atoms with Gasteiger partial charge < -0.3 is 15.1 Å². The Morgan fingerprint density at radius 1 is 1.17 bits per heavy atom. The maximum absolute atomic E-state index is 12.4. The van der Waals surface area contributed by atoms with E-state index in [9.17, 15) is 9.59 Å². The van der Waals surface area contributed by atoms with Gasteiger partial charge in [0.2, 0.25) is 0 Å². The van der Waals surface area contributed by atoms with Crippen LogP contribution in [-0.4, -0.2) is 66.5 Å². The predicted molar refractivity (Wildman–Crippen MR) is 63.9 cm³/mol. The van der Waals surface area contributed by atoms with Gasteiger partial charge in [-0.15, -0.1) is 0 Å². The van der Waals surface area contributed by atoms with E-state index < -0.39 is 5.54 Å². The quantitative estimate of drug-likeness (QED) is 0.532. The summed E-state index contributed by atoms with van der Waals surface area (Å²) in [7, 11) is 0. The fourth-order valence-corrected chi connectivity index (χ4v) is 4.67. The zero-order chi connectivity index (χ0) is 12.5. The number of rotatable bonds is 0. The van der Waals surface area contributed by atoms with Crippen LogP contribution in [0.4, 0.5) is 4.79 Å². The molecule has 0 aromatic heterocycles. The van der Waals surface area contributed by atoms with Crippen LogP contribution in [0.15, 0.2) is 0 Å². The highest BCUT2D eigenvalue weighted by atomic mass is 16.2. The normalized spacial score (nSPS) is 53.5. The van der Waals surface area contributed by atoms with Crippen molar-refractivity contribution in [3.63, 3.8) is 0 Å². The summed E-state index contributed by atoms with van der Waals surface area (Å²) in [5.74, 6) is 0.0974. The molecule has 5 aliphatic rings. The Balaban J connectivity index is 1.85. The van der Waals surface area contributed by atoms with Gasteiger partial charge in [-0.1, -0.05) is 6.92 Å². The van der Waals surface area contributed by atoms with Gasteiger partial charge in [0.15, 0.2) is 0 Å². The summed E-state index contributed by atoms with van der Waals surface area (Å²) in [6, 6.07) is -0.322. The van der Waals surface area contributed by atoms with E-state index in [2.05, 4.69) is 27.4 Å². The van der Waals surface area contributed by atoms with Gasteiger partial charge in [0.05, 0.1) is 0 Å². The molecule has 5 heterocycles. The molecule has 0 aliphatic carbocycles. The van der Waals surface area contributed by atoms with E-state index in [0.717, 1.165) is 39.3 Å². The third-order valence-corrected chi connectivity index (χ3v) is 5.30. The van der Waals surface area contributed by atoms with Crippen molar-refractivity contribution in [2.24, 2.45) is 11.3 Å². The molecular weight excluding hydrogens is 232 g/mol. The zero-order valence-electron chi connectivity index (χ0n) is 10.5. The Bertz CT molecular complexity index is 435. The van der Waals surface area contributed by atoms with Crippen LogP contribution in [0.3, 0.4) is 0 Å². The van der Waals surface area contributed by atoms with Crippen LogP contribution in [-0.2, 0) is 4.79 Å². The summed E-state index contributed by atoms with van der Waals surface area (Å²) in [4.78, 5) is 28.9. The number of hydrogen-bond donors (Lipinski definition) is 2. The second-order valence-corrected chi connectivity index (χ2v) is 6.44. The minimum Gasteiger partial charge on any atom is -0.322 e. The average molecular weight is 250 g/mol.